The van der Waals surface area contributed by atoms with Gasteiger partial charge in [-0.15, -0.1) is 0 Å². The van der Waals surface area contributed by atoms with Crippen molar-refractivity contribution in [1.29, 1.82) is 5.26 Å². The molecule has 0 fully saturated rings. The van der Waals surface area contributed by atoms with Crippen LogP contribution in [0.3, 0.4) is 0 Å². The van der Waals surface area contributed by atoms with Gasteiger partial charge in [0, 0.05) is 0 Å². The minimum atomic E-state index is -1.39. The third-order valence-corrected chi connectivity index (χ3v) is 2.35. The Morgan fingerprint density at radius 1 is 1.15 bits per heavy atom. The van der Waals surface area contributed by atoms with Crippen LogP contribution in [0.5, 0.6) is 0 Å². The SMILES string of the molecule is N#Cc1c(F)c(Cl)c(F)c(Br)c1F. The van der Waals surface area contributed by atoms with Crippen LogP contribution in [0.1, 0.15) is 5.56 Å². The summed E-state index contributed by atoms with van der Waals surface area (Å²) in [6.45, 7) is 0. The van der Waals surface area contributed by atoms with E-state index in [4.69, 9.17) is 16.9 Å². The van der Waals surface area contributed by atoms with Crippen molar-refractivity contribution >= 4 is 27.5 Å². The summed E-state index contributed by atoms with van der Waals surface area (Å²) in [5.41, 5.74) is -0.904. The Bertz CT molecular complexity index is 384. The van der Waals surface area contributed by atoms with Crippen molar-refractivity contribution in [1.82, 2.24) is 0 Å². The average Bonchev–Trinajstić information content (AvgIpc) is 2.13. The summed E-state index contributed by atoms with van der Waals surface area (Å²) < 4.78 is 37.9. The van der Waals surface area contributed by atoms with Crippen LogP contribution < -0.4 is 0 Å². The highest BCUT2D eigenvalue weighted by atomic mass is 79.9. The molecule has 1 aromatic rings. The van der Waals surface area contributed by atoms with Crippen molar-refractivity contribution in [3.8, 4) is 6.07 Å². The topological polar surface area (TPSA) is 23.8 Å². The summed E-state index contributed by atoms with van der Waals surface area (Å²) in [6, 6.07) is 1.24. The first-order valence-corrected chi connectivity index (χ1v) is 4.09. The number of halogens is 5. The molecular formula is C7BrClF3N. The molecule has 0 atom stereocenters. The molecule has 6 heteroatoms. The van der Waals surface area contributed by atoms with Crippen LogP contribution >= 0.6 is 27.5 Å². The summed E-state index contributed by atoms with van der Waals surface area (Å²) in [5.74, 6) is -3.93. The zero-order chi connectivity index (χ0) is 10.2. The van der Waals surface area contributed by atoms with Crippen molar-refractivity contribution in [3.63, 3.8) is 0 Å². The first-order chi connectivity index (χ1) is 6.00. The fraction of sp³-hybridized carbons (Fsp3) is 0. The molecule has 0 heterocycles. The number of benzene rings is 1. The van der Waals surface area contributed by atoms with E-state index in [-0.39, 0.29) is 0 Å². The Balaban J connectivity index is 3.69. The molecule has 0 unspecified atom stereocenters. The molecule has 0 amide bonds. The lowest BCUT2D eigenvalue weighted by atomic mass is 10.2. The maximum absolute atomic E-state index is 12.9. The number of hydrogen-bond acceptors (Lipinski definition) is 1. The normalized spacial score (nSPS) is 9.85. The lowest BCUT2D eigenvalue weighted by Gasteiger charge is -2.02. The number of hydrogen-bond donors (Lipinski definition) is 0. The second kappa shape index (κ2) is 3.56. The second-order valence-corrected chi connectivity index (χ2v) is 3.23. The lowest BCUT2D eigenvalue weighted by Crippen LogP contribution is -1.97. The zero-order valence-corrected chi connectivity index (χ0v) is 8.18. The molecule has 0 aliphatic carbocycles. The Labute approximate surface area is 84.9 Å². The minimum absolute atomic E-state index is 0.643. The van der Waals surface area contributed by atoms with Crippen molar-refractivity contribution in [3.05, 3.63) is 32.5 Å². The summed E-state index contributed by atoms with van der Waals surface area (Å²) in [6.07, 6.45) is 0. The van der Waals surface area contributed by atoms with Crippen LogP contribution in [-0.4, -0.2) is 0 Å². The molecule has 0 N–H and O–H groups in total. The molecule has 0 aromatic heterocycles. The van der Waals surface area contributed by atoms with E-state index in [1.54, 1.807) is 0 Å². The molecule has 0 bridgehead atoms. The van der Waals surface area contributed by atoms with Gasteiger partial charge >= 0.3 is 0 Å². The summed E-state index contributed by atoms with van der Waals surface area (Å²) in [7, 11) is 0. The van der Waals surface area contributed by atoms with Crippen LogP contribution in [-0.2, 0) is 0 Å². The van der Waals surface area contributed by atoms with E-state index in [0.29, 0.717) is 0 Å². The molecule has 0 radical (unpaired) electrons. The van der Waals surface area contributed by atoms with E-state index < -0.39 is 32.5 Å². The highest BCUT2D eigenvalue weighted by Crippen LogP contribution is 2.31. The van der Waals surface area contributed by atoms with Gasteiger partial charge in [-0.05, 0) is 15.9 Å². The molecule has 1 nitrogen and oxygen atoms in total. The van der Waals surface area contributed by atoms with Gasteiger partial charge in [-0.1, -0.05) is 11.6 Å². The highest BCUT2D eigenvalue weighted by molar-refractivity contribution is 9.10. The fourth-order valence-corrected chi connectivity index (χ4v) is 1.40. The Hall–Kier alpha value is -0.730. The van der Waals surface area contributed by atoms with Gasteiger partial charge < -0.3 is 0 Å². The lowest BCUT2D eigenvalue weighted by molar-refractivity contribution is 0.531. The molecule has 0 saturated carbocycles. The first kappa shape index (κ1) is 10.4. The van der Waals surface area contributed by atoms with Gasteiger partial charge in [0.15, 0.2) is 17.5 Å². The van der Waals surface area contributed by atoms with Crippen LogP contribution in [0.4, 0.5) is 13.2 Å². The van der Waals surface area contributed by atoms with Crippen LogP contribution in [0.25, 0.3) is 0 Å². The molecule has 13 heavy (non-hydrogen) atoms. The average molecular weight is 270 g/mol. The van der Waals surface area contributed by atoms with E-state index in [9.17, 15) is 13.2 Å². The maximum Gasteiger partial charge on any atom is 0.165 e. The van der Waals surface area contributed by atoms with Gasteiger partial charge in [0.1, 0.15) is 16.7 Å². The quantitative estimate of drug-likeness (QED) is 0.523. The maximum atomic E-state index is 12.9. The Morgan fingerprint density at radius 2 is 1.69 bits per heavy atom. The van der Waals surface area contributed by atoms with Gasteiger partial charge in [0.25, 0.3) is 0 Å². The van der Waals surface area contributed by atoms with E-state index in [2.05, 4.69) is 15.9 Å². The molecule has 0 aliphatic heterocycles. The van der Waals surface area contributed by atoms with E-state index in [1.807, 2.05) is 0 Å². The minimum Gasteiger partial charge on any atom is -0.204 e. The highest BCUT2D eigenvalue weighted by Gasteiger charge is 2.22. The van der Waals surface area contributed by atoms with Gasteiger partial charge in [-0.2, -0.15) is 5.26 Å². The monoisotopic (exact) mass is 269 g/mol. The molecule has 1 rings (SSSR count). The molecule has 1 aromatic carbocycles. The molecule has 0 aliphatic rings. The summed E-state index contributed by atoms with van der Waals surface area (Å²) >= 11 is 7.64. The van der Waals surface area contributed by atoms with E-state index in [1.165, 1.54) is 6.07 Å². The molecule has 0 saturated heterocycles. The Morgan fingerprint density at radius 3 is 2.15 bits per heavy atom. The molecular weight excluding hydrogens is 270 g/mol. The van der Waals surface area contributed by atoms with Gasteiger partial charge in [0.05, 0.1) is 4.47 Å². The predicted octanol–water partition coefficient (Wildman–Crippen LogP) is 3.39. The third kappa shape index (κ3) is 1.52. The smallest absolute Gasteiger partial charge is 0.165 e. The second-order valence-electron chi connectivity index (χ2n) is 2.06. The largest absolute Gasteiger partial charge is 0.204 e. The third-order valence-electron chi connectivity index (χ3n) is 1.32. The zero-order valence-electron chi connectivity index (χ0n) is 5.84. The van der Waals surface area contributed by atoms with Crippen molar-refractivity contribution in [2.75, 3.05) is 0 Å². The van der Waals surface area contributed by atoms with Crippen LogP contribution in [0.2, 0.25) is 5.02 Å². The van der Waals surface area contributed by atoms with Crippen LogP contribution in [0.15, 0.2) is 4.47 Å². The predicted molar refractivity (Wildman–Crippen MR) is 43.7 cm³/mol. The number of rotatable bonds is 0. The standard InChI is InChI=1S/C7BrClF3N/c8-3-5(10)2(1-13)6(11)4(9)7(3)12. The van der Waals surface area contributed by atoms with E-state index in [0.717, 1.165) is 0 Å². The number of nitriles is 1. The summed E-state index contributed by atoms with van der Waals surface area (Å²) in [5, 5.41) is 7.41. The van der Waals surface area contributed by atoms with E-state index >= 15 is 0 Å². The summed E-state index contributed by atoms with van der Waals surface area (Å²) in [4.78, 5) is 0. The van der Waals surface area contributed by atoms with Crippen molar-refractivity contribution < 1.29 is 13.2 Å². The number of nitrogens with zero attached hydrogens (tertiary/aromatic N) is 1. The molecule has 0 spiro atoms. The Kier molecular flexibility index (Phi) is 2.84. The molecule has 68 valence electrons. The van der Waals surface area contributed by atoms with Gasteiger partial charge in [0.2, 0.25) is 0 Å². The van der Waals surface area contributed by atoms with Gasteiger partial charge in [-0.3, -0.25) is 0 Å². The van der Waals surface area contributed by atoms with Crippen molar-refractivity contribution in [2.24, 2.45) is 0 Å². The van der Waals surface area contributed by atoms with Crippen LogP contribution in [0, 0.1) is 28.8 Å². The van der Waals surface area contributed by atoms with Crippen molar-refractivity contribution in [2.45, 2.75) is 0 Å². The first-order valence-electron chi connectivity index (χ1n) is 2.92. The van der Waals surface area contributed by atoms with Gasteiger partial charge in [-0.25, -0.2) is 13.2 Å². The fourth-order valence-electron chi connectivity index (χ4n) is 0.703.